The summed E-state index contributed by atoms with van der Waals surface area (Å²) in [7, 11) is 1.58. The molecule has 0 atom stereocenters. The number of amides is 1. The van der Waals surface area contributed by atoms with Gasteiger partial charge >= 0.3 is 0 Å². The maximum Gasteiger partial charge on any atom is 0.270 e. The van der Waals surface area contributed by atoms with Crippen LogP contribution in [0.25, 0.3) is 6.08 Å². The van der Waals surface area contributed by atoms with Gasteiger partial charge in [-0.3, -0.25) is 9.69 Å². The van der Waals surface area contributed by atoms with Gasteiger partial charge in [-0.25, -0.2) is 0 Å². The molecular formula is C24H16Cl2INO3S2. The van der Waals surface area contributed by atoms with Gasteiger partial charge in [-0.15, -0.1) is 0 Å². The fraction of sp³-hybridized carbons (Fsp3) is 0.0833. The molecule has 0 aromatic heterocycles. The zero-order valence-electron chi connectivity index (χ0n) is 17.2. The fourth-order valence-corrected chi connectivity index (χ4v) is 5.56. The highest BCUT2D eigenvalue weighted by molar-refractivity contribution is 14.1. The summed E-state index contributed by atoms with van der Waals surface area (Å²) in [6, 6.07) is 18.3. The van der Waals surface area contributed by atoms with Crippen molar-refractivity contribution in [2.75, 3.05) is 12.0 Å². The summed E-state index contributed by atoms with van der Waals surface area (Å²) >= 11 is 21.1. The first-order valence-corrected chi connectivity index (χ1v) is 12.7. The summed E-state index contributed by atoms with van der Waals surface area (Å²) in [4.78, 5) is 15.1. The Kier molecular flexibility index (Phi) is 7.86. The molecule has 1 amide bonds. The average molecular weight is 628 g/mol. The van der Waals surface area contributed by atoms with Crippen LogP contribution in [0.5, 0.6) is 11.5 Å². The summed E-state index contributed by atoms with van der Waals surface area (Å²) < 4.78 is 12.9. The van der Waals surface area contributed by atoms with Gasteiger partial charge in [0, 0.05) is 15.6 Å². The molecule has 3 aromatic rings. The Bertz CT molecular complexity index is 1270. The SMILES string of the molecule is COc1cc(/C=C2\SC(=S)N(c3ccc(Cl)cc3)C2=O)cc(I)c1OCc1ccccc1Cl. The van der Waals surface area contributed by atoms with E-state index in [4.69, 9.17) is 44.9 Å². The molecule has 3 aromatic carbocycles. The number of ether oxygens (including phenoxy) is 2. The number of hydrogen-bond acceptors (Lipinski definition) is 5. The molecule has 168 valence electrons. The first kappa shape index (κ1) is 24.3. The minimum absolute atomic E-state index is 0.180. The van der Waals surface area contributed by atoms with E-state index in [9.17, 15) is 4.79 Å². The lowest BCUT2D eigenvalue weighted by molar-refractivity contribution is -0.113. The zero-order valence-corrected chi connectivity index (χ0v) is 22.5. The van der Waals surface area contributed by atoms with E-state index in [2.05, 4.69) is 22.6 Å². The molecule has 1 aliphatic rings. The number of carbonyl (C=O) groups is 1. The second kappa shape index (κ2) is 10.7. The Balaban J connectivity index is 1.58. The number of rotatable bonds is 6. The molecule has 4 rings (SSSR count). The van der Waals surface area contributed by atoms with Gasteiger partial charge in [0.1, 0.15) is 6.61 Å². The lowest BCUT2D eigenvalue weighted by Crippen LogP contribution is -2.27. The molecule has 9 heteroatoms. The summed E-state index contributed by atoms with van der Waals surface area (Å²) in [5, 5.41) is 1.24. The van der Waals surface area contributed by atoms with Crippen LogP contribution in [0.1, 0.15) is 11.1 Å². The monoisotopic (exact) mass is 627 g/mol. The third kappa shape index (κ3) is 5.49. The maximum absolute atomic E-state index is 13.0. The van der Waals surface area contributed by atoms with E-state index in [0.29, 0.717) is 43.1 Å². The molecule has 0 radical (unpaired) electrons. The van der Waals surface area contributed by atoms with Crippen molar-refractivity contribution in [1.82, 2.24) is 0 Å². The number of halogens is 3. The average Bonchev–Trinajstić information content (AvgIpc) is 3.07. The van der Waals surface area contributed by atoms with Crippen molar-refractivity contribution >= 4 is 91.8 Å². The summed E-state index contributed by atoms with van der Waals surface area (Å²) in [5.74, 6) is 0.998. The molecule has 0 unspecified atom stereocenters. The predicted molar refractivity (Wildman–Crippen MR) is 149 cm³/mol. The number of carbonyl (C=O) groups excluding carboxylic acids is 1. The molecule has 33 heavy (non-hydrogen) atoms. The first-order valence-electron chi connectivity index (χ1n) is 9.64. The quantitative estimate of drug-likeness (QED) is 0.160. The van der Waals surface area contributed by atoms with Crippen LogP contribution in [0.2, 0.25) is 10.0 Å². The third-order valence-corrected chi connectivity index (χ3v) is 7.48. The van der Waals surface area contributed by atoms with Crippen LogP contribution in [0.3, 0.4) is 0 Å². The van der Waals surface area contributed by atoms with Gasteiger partial charge in [0.05, 0.1) is 21.3 Å². The van der Waals surface area contributed by atoms with Crippen molar-refractivity contribution in [2.24, 2.45) is 0 Å². The van der Waals surface area contributed by atoms with Crippen molar-refractivity contribution in [3.8, 4) is 11.5 Å². The van der Waals surface area contributed by atoms with Gasteiger partial charge < -0.3 is 9.47 Å². The Morgan fingerprint density at radius 2 is 1.85 bits per heavy atom. The molecule has 1 heterocycles. The van der Waals surface area contributed by atoms with Crippen LogP contribution < -0.4 is 14.4 Å². The molecule has 1 aliphatic heterocycles. The molecule has 1 saturated heterocycles. The lowest BCUT2D eigenvalue weighted by Gasteiger charge is -2.15. The van der Waals surface area contributed by atoms with E-state index in [1.54, 1.807) is 37.5 Å². The number of hydrogen-bond donors (Lipinski definition) is 0. The normalized spacial score (nSPS) is 14.8. The summed E-state index contributed by atoms with van der Waals surface area (Å²) in [6.45, 7) is 0.311. The molecule has 4 nitrogen and oxygen atoms in total. The van der Waals surface area contributed by atoms with Crippen LogP contribution in [-0.4, -0.2) is 17.3 Å². The smallest absolute Gasteiger partial charge is 0.270 e. The first-order chi connectivity index (χ1) is 15.9. The Hall–Kier alpha value is -1.78. The minimum atomic E-state index is -0.180. The fourth-order valence-electron chi connectivity index (χ4n) is 3.16. The number of nitrogens with zero attached hydrogens (tertiary/aromatic N) is 1. The van der Waals surface area contributed by atoms with Gasteiger partial charge in [-0.1, -0.05) is 65.4 Å². The highest BCUT2D eigenvalue weighted by Crippen LogP contribution is 2.39. The van der Waals surface area contributed by atoms with Crippen LogP contribution in [0.15, 0.2) is 65.6 Å². The number of anilines is 1. The van der Waals surface area contributed by atoms with Gasteiger partial charge in [-0.05, 0) is 76.7 Å². The molecule has 1 fully saturated rings. The van der Waals surface area contributed by atoms with E-state index in [1.165, 1.54) is 16.7 Å². The Labute approximate surface area is 225 Å². The molecule has 0 aliphatic carbocycles. The van der Waals surface area contributed by atoms with E-state index in [1.807, 2.05) is 36.4 Å². The van der Waals surface area contributed by atoms with Crippen molar-refractivity contribution in [1.29, 1.82) is 0 Å². The Morgan fingerprint density at radius 3 is 2.55 bits per heavy atom. The van der Waals surface area contributed by atoms with Crippen molar-refractivity contribution in [3.05, 3.63) is 90.3 Å². The second-order valence-electron chi connectivity index (χ2n) is 6.91. The standard InChI is InChI=1S/C24H16Cl2INO3S2/c1-30-20-11-14(10-19(27)22(20)31-13-15-4-2-3-5-18(15)26)12-21-23(29)28(24(32)33-21)17-8-6-16(25)7-9-17/h2-12H,13H2,1H3/b21-12-. The zero-order chi connectivity index (χ0) is 23.5. The molecule has 0 spiro atoms. The second-order valence-corrected chi connectivity index (χ2v) is 10.6. The van der Waals surface area contributed by atoms with E-state index in [-0.39, 0.29) is 5.91 Å². The molecule has 0 saturated carbocycles. The maximum atomic E-state index is 13.0. The lowest BCUT2D eigenvalue weighted by atomic mass is 10.1. The molecule has 0 N–H and O–H groups in total. The van der Waals surface area contributed by atoms with E-state index >= 15 is 0 Å². The Morgan fingerprint density at radius 1 is 1.12 bits per heavy atom. The summed E-state index contributed by atoms with van der Waals surface area (Å²) in [5.41, 5.74) is 2.37. The highest BCUT2D eigenvalue weighted by Gasteiger charge is 2.33. The molecule has 0 bridgehead atoms. The highest BCUT2D eigenvalue weighted by atomic mass is 127. The van der Waals surface area contributed by atoms with Crippen LogP contribution in [-0.2, 0) is 11.4 Å². The molecular weight excluding hydrogens is 612 g/mol. The van der Waals surface area contributed by atoms with Crippen LogP contribution in [0.4, 0.5) is 5.69 Å². The predicted octanol–water partition coefficient (Wildman–Crippen LogP) is 7.59. The van der Waals surface area contributed by atoms with Crippen LogP contribution >= 0.6 is 69.8 Å². The van der Waals surface area contributed by atoms with Crippen molar-refractivity contribution in [3.63, 3.8) is 0 Å². The van der Waals surface area contributed by atoms with Gasteiger partial charge in [-0.2, -0.15) is 0 Å². The van der Waals surface area contributed by atoms with Crippen molar-refractivity contribution in [2.45, 2.75) is 6.61 Å². The minimum Gasteiger partial charge on any atom is -0.493 e. The van der Waals surface area contributed by atoms with E-state index < -0.39 is 0 Å². The number of thioether (sulfide) groups is 1. The van der Waals surface area contributed by atoms with Gasteiger partial charge in [0.15, 0.2) is 15.8 Å². The van der Waals surface area contributed by atoms with Crippen LogP contribution in [0, 0.1) is 3.57 Å². The van der Waals surface area contributed by atoms with Gasteiger partial charge in [0.2, 0.25) is 0 Å². The third-order valence-electron chi connectivity index (χ3n) is 4.76. The summed E-state index contributed by atoms with van der Waals surface area (Å²) in [6.07, 6.45) is 1.80. The number of methoxy groups -OCH3 is 1. The van der Waals surface area contributed by atoms with Crippen molar-refractivity contribution < 1.29 is 14.3 Å². The van der Waals surface area contributed by atoms with Gasteiger partial charge in [0.25, 0.3) is 5.91 Å². The topological polar surface area (TPSA) is 38.8 Å². The number of benzene rings is 3. The van der Waals surface area contributed by atoms with E-state index in [0.717, 1.165) is 14.7 Å². The largest absolute Gasteiger partial charge is 0.493 e. The number of thiocarbonyl (C=S) groups is 1.